The number of ether oxygens (including phenoxy) is 1. The first-order valence-corrected chi connectivity index (χ1v) is 8.16. The van der Waals surface area contributed by atoms with E-state index in [1.807, 2.05) is 18.0 Å². The van der Waals surface area contributed by atoms with Gasteiger partial charge in [0.25, 0.3) is 0 Å². The van der Waals surface area contributed by atoms with E-state index >= 15 is 0 Å². The summed E-state index contributed by atoms with van der Waals surface area (Å²) in [6.07, 6.45) is 2.36. The molecule has 24 heavy (non-hydrogen) atoms. The molecule has 1 aliphatic rings. The topological polar surface area (TPSA) is 75.8 Å². The minimum atomic E-state index is -1.01. The summed E-state index contributed by atoms with van der Waals surface area (Å²) in [5.41, 5.74) is 1.71. The molecule has 0 bridgehead atoms. The predicted molar refractivity (Wildman–Crippen MR) is 88.2 cm³/mol. The van der Waals surface area contributed by atoms with Crippen molar-refractivity contribution in [3.8, 4) is 5.75 Å². The summed E-state index contributed by atoms with van der Waals surface area (Å²) in [6.45, 7) is 0.800. The molecule has 0 unspecified atom stereocenters. The van der Waals surface area contributed by atoms with E-state index in [1.54, 1.807) is 18.2 Å². The van der Waals surface area contributed by atoms with Crippen LogP contribution in [0.3, 0.4) is 0 Å². The molecule has 1 N–H and O–H groups in total. The maximum absolute atomic E-state index is 10.7. The molecule has 6 nitrogen and oxygen atoms in total. The van der Waals surface area contributed by atoms with Gasteiger partial charge in [-0.3, -0.25) is 4.90 Å². The van der Waals surface area contributed by atoms with Gasteiger partial charge >= 0.3 is 5.97 Å². The van der Waals surface area contributed by atoms with Crippen LogP contribution in [-0.2, 0) is 17.9 Å². The molecule has 128 valence electrons. The first kappa shape index (κ1) is 16.8. The maximum atomic E-state index is 10.7. The quantitative estimate of drug-likeness (QED) is 0.787. The van der Waals surface area contributed by atoms with Gasteiger partial charge in [0.05, 0.1) is 5.69 Å². The summed E-state index contributed by atoms with van der Waals surface area (Å²) in [7, 11) is 1.95. The van der Waals surface area contributed by atoms with Gasteiger partial charge in [0.1, 0.15) is 11.5 Å². The number of nitrogens with zero attached hydrogens (tertiary/aromatic N) is 2. The zero-order chi connectivity index (χ0) is 17.1. The van der Waals surface area contributed by atoms with Crippen LogP contribution < -0.4 is 4.74 Å². The number of rotatable bonds is 8. The van der Waals surface area contributed by atoms with Crippen molar-refractivity contribution < 1.29 is 19.2 Å². The lowest BCUT2D eigenvalue weighted by atomic mass is 10.2. The molecule has 1 heterocycles. The average Bonchev–Trinajstić information content (AvgIpc) is 3.27. The van der Waals surface area contributed by atoms with Crippen LogP contribution in [0.15, 0.2) is 28.8 Å². The molecule has 1 saturated carbocycles. The van der Waals surface area contributed by atoms with Gasteiger partial charge in [-0.2, -0.15) is 0 Å². The van der Waals surface area contributed by atoms with E-state index in [2.05, 4.69) is 5.16 Å². The van der Waals surface area contributed by atoms with Gasteiger partial charge in [0, 0.05) is 35.7 Å². The van der Waals surface area contributed by atoms with Crippen LogP contribution in [0.25, 0.3) is 0 Å². The number of hydrogen-bond acceptors (Lipinski definition) is 5. The van der Waals surface area contributed by atoms with Gasteiger partial charge < -0.3 is 14.4 Å². The molecule has 3 rings (SSSR count). The minimum absolute atomic E-state index is 0.383. The Morgan fingerprint density at radius 2 is 2.21 bits per heavy atom. The molecule has 7 heteroatoms. The molecule has 0 spiro atoms. The van der Waals surface area contributed by atoms with E-state index in [0.29, 0.717) is 29.8 Å². The van der Waals surface area contributed by atoms with Crippen molar-refractivity contribution in [2.24, 2.45) is 0 Å². The van der Waals surface area contributed by atoms with E-state index in [9.17, 15) is 4.79 Å². The second-order valence-corrected chi connectivity index (χ2v) is 6.54. The smallest absolute Gasteiger partial charge is 0.341 e. The van der Waals surface area contributed by atoms with Crippen molar-refractivity contribution in [1.29, 1.82) is 0 Å². The zero-order valence-electron chi connectivity index (χ0n) is 13.4. The van der Waals surface area contributed by atoms with Gasteiger partial charge in [0.15, 0.2) is 6.61 Å². The maximum Gasteiger partial charge on any atom is 0.341 e. The fraction of sp³-hybridized carbons (Fsp3) is 0.412. The molecule has 0 atom stereocenters. The Hall–Kier alpha value is -2.05. The summed E-state index contributed by atoms with van der Waals surface area (Å²) in [6, 6.07) is 7.17. The van der Waals surface area contributed by atoms with Crippen molar-refractivity contribution >= 4 is 17.6 Å². The van der Waals surface area contributed by atoms with Crippen molar-refractivity contribution in [3.63, 3.8) is 0 Å². The number of carboxylic acid groups (broad SMARTS) is 1. The first-order chi connectivity index (χ1) is 11.5. The van der Waals surface area contributed by atoms with E-state index in [0.717, 1.165) is 17.0 Å². The molecule has 0 radical (unpaired) electrons. The van der Waals surface area contributed by atoms with Crippen LogP contribution in [0.5, 0.6) is 5.75 Å². The van der Waals surface area contributed by atoms with Gasteiger partial charge in [-0.15, -0.1) is 0 Å². The minimum Gasteiger partial charge on any atom is -0.482 e. The highest BCUT2D eigenvalue weighted by atomic mass is 35.5. The van der Waals surface area contributed by atoms with Crippen LogP contribution in [0.1, 0.15) is 35.8 Å². The van der Waals surface area contributed by atoms with E-state index in [4.69, 9.17) is 26.0 Å². The Morgan fingerprint density at radius 3 is 2.92 bits per heavy atom. The normalized spacial score (nSPS) is 14.1. The van der Waals surface area contributed by atoms with Gasteiger partial charge in [-0.1, -0.05) is 16.8 Å². The third kappa shape index (κ3) is 4.49. The van der Waals surface area contributed by atoms with Crippen molar-refractivity contribution in [2.75, 3.05) is 13.7 Å². The van der Waals surface area contributed by atoms with Crippen molar-refractivity contribution in [3.05, 3.63) is 46.3 Å². The van der Waals surface area contributed by atoms with Gasteiger partial charge in [-0.05, 0) is 38.1 Å². The summed E-state index contributed by atoms with van der Waals surface area (Å²) < 4.78 is 10.7. The Labute approximate surface area is 144 Å². The number of aromatic nitrogens is 1. The zero-order valence-corrected chi connectivity index (χ0v) is 14.1. The second kappa shape index (κ2) is 7.23. The molecule has 1 fully saturated rings. The molecule has 0 amide bonds. The van der Waals surface area contributed by atoms with Crippen molar-refractivity contribution in [2.45, 2.75) is 31.8 Å². The lowest BCUT2D eigenvalue weighted by molar-refractivity contribution is -0.139. The van der Waals surface area contributed by atoms with Crippen LogP contribution in [0.2, 0.25) is 5.02 Å². The molecular weight excluding hydrogens is 332 g/mol. The second-order valence-electron chi connectivity index (χ2n) is 6.10. The van der Waals surface area contributed by atoms with Crippen LogP contribution >= 0.6 is 11.6 Å². The lowest BCUT2D eigenvalue weighted by Crippen LogP contribution is -2.19. The molecule has 1 aliphatic carbocycles. The Bertz CT molecular complexity index is 727. The fourth-order valence-electron chi connectivity index (χ4n) is 2.54. The van der Waals surface area contributed by atoms with Crippen LogP contribution in [0, 0.1) is 0 Å². The molecule has 1 aromatic carbocycles. The lowest BCUT2D eigenvalue weighted by Gasteiger charge is -2.18. The highest BCUT2D eigenvalue weighted by molar-refractivity contribution is 6.30. The fourth-order valence-corrected chi connectivity index (χ4v) is 2.73. The Balaban J connectivity index is 1.64. The molecule has 2 aromatic rings. The predicted octanol–water partition coefficient (Wildman–Crippen LogP) is 3.30. The standard InChI is InChI=1S/C17H19ClN2O4/c1-20(9-14-7-16(24-19-14)11-2-3-11)8-12-6-13(18)4-5-15(12)23-10-17(21)22/h4-7,11H,2-3,8-10H2,1H3,(H,21,22). The molecular formula is C17H19ClN2O4. The Morgan fingerprint density at radius 1 is 1.42 bits per heavy atom. The highest BCUT2D eigenvalue weighted by Crippen LogP contribution is 2.40. The largest absolute Gasteiger partial charge is 0.482 e. The van der Waals surface area contributed by atoms with Gasteiger partial charge in [0.2, 0.25) is 0 Å². The van der Waals surface area contributed by atoms with Crippen LogP contribution in [0.4, 0.5) is 0 Å². The van der Waals surface area contributed by atoms with Gasteiger partial charge in [-0.25, -0.2) is 4.79 Å². The number of carboxylic acids is 1. The number of hydrogen-bond donors (Lipinski definition) is 1. The molecule has 0 aliphatic heterocycles. The SMILES string of the molecule is CN(Cc1cc(C2CC2)on1)Cc1cc(Cl)ccc1OCC(=O)O. The number of halogens is 1. The van der Waals surface area contributed by atoms with E-state index in [-0.39, 0.29) is 6.61 Å². The Kier molecular flexibility index (Phi) is 5.06. The summed E-state index contributed by atoms with van der Waals surface area (Å²) >= 11 is 6.05. The molecule has 1 aromatic heterocycles. The summed E-state index contributed by atoms with van der Waals surface area (Å²) in [5.74, 6) is 1.01. The van der Waals surface area contributed by atoms with E-state index in [1.165, 1.54) is 12.8 Å². The monoisotopic (exact) mass is 350 g/mol. The average molecular weight is 351 g/mol. The third-order valence-electron chi connectivity index (χ3n) is 3.80. The van der Waals surface area contributed by atoms with E-state index < -0.39 is 5.97 Å². The van der Waals surface area contributed by atoms with Crippen LogP contribution in [-0.4, -0.2) is 34.8 Å². The highest BCUT2D eigenvalue weighted by Gasteiger charge is 2.27. The summed E-state index contributed by atoms with van der Waals surface area (Å²) in [5, 5.41) is 13.5. The number of carbonyl (C=O) groups is 1. The van der Waals surface area contributed by atoms with Crippen molar-refractivity contribution in [1.82, 2.24) is 10.1 Å². The number of benzene rings is 1. The molecule has 0 saturated heterocycles. The first-order valence-electron chi connectivity index (χ1n) is 7.78. The third-order valence-corrected chi connectivity index (χ3v) is 4.04. The summed E-state index contributed by atoms with van der Waals surface area (Å²) in [4.78, 5) is 12.7. The number of aliphatic carboxylic acids is 1.